The Balaban J connectivity index is 1.36. The molecule has 2 aromatic heterocycles. The highest BCUT2D eigenvalue weighted by Crippen LogP contribution is 2.38. The zero-order chi connectivity index (χ0) is 18.4. The zero-order valence-electron chi connectivity index (χ0n) is 16.0. The molecule has 3 aromatic rings. The van der Waals surface area contributed by atoms with Crippen LogP contribution in [0.1, 0.15) is 44.0 Å². The van der Waals surface area contributed by atoms with E-state index in [0.29, 0.717) is 5.92 Å². The Kier molecular flexibility index (Phi) is 3.90. The molecule has 0 unspecified atom stereocenters. The molecule has 0 bridgehead atoms. The van der Waals surface area contributed by atoms with Crippen molar-refractivity contribution in [1.29, 1.82) is 0 Å². The van der Waals surface area contributed by atoms with Gasteiger partial charge in [-0.1, -0.05) is 30.3 Å². The minimum absolute atomic E-state index is 0.0806. The molecule has 0 amide bonds. The average Bonchev–Trinajstić information content (AvgIpc) is 3.43. The van der Waals surface area contributed by atoms with Crippen molar-refractivity contribution in [3.8, 4) is 0 Å². The summed E-state index contributed by atoms with van der Waals surface area (Å²) in [5.41, 5.74) is 2.30. The SMILES string of the molecule is CC1(C)CN(c2ccc3nnc(C4CC4)n3n2)CCN1Cc1ccccc1. The third-order valence-electron chi connectivity index (χ3n) is 5.83. The van der Waals surface area contributed by atoms with Crippen molar-refractivity contribution in [1.82, 2.24) is 24.7 Å². The van der Waals surface area contributed by atoms with Crippen LogP contribution in [0.15, 0.2) is 42.5 Å². The van der Waals surface area contributed by atoms with Crippen LogP contribution >= 0.6 is 0 Å². The molecule has 1 saturated carbocycles. The molecule has 2 aliphatic rings. The largest absolute Gasteiger partial charge is 0.352 e. The van der Waals surface area contributed by atoms with E-state index in [2.05, 4.69) is 70.2 Å². The van der Waals surface area contributed by atoms with Crippen molar-refractivity contribution in [3.63, 3.8) is 0 Å². The first-order chi connectivity index (χ1) is 13.1. The number of piperazine rings is 1. The fourth-order valence-corrected chi connectivity index (χ4v) is 4.04. The van der Waals surface area contributed by atoms with Gasteiger partial charge in [-0.2, -0.15) is 4.52 Å². The van der Waals surface area contributed by atoms with E-state index in [1.54, 1.807) is 0 Å². The third-order valence-corrected chi connectivity index (χ3v) is 5.83. The van der Waals surface area contributed by atoms with E-state index in [-0.39, 0.29) is 5.54 Å². The maximum Gasteiger partial charge on any atom is 0.178 e. The van der Waals surface area contributed by atoms with Gasteiger partial charge in [0.05, 0.1) is 0 Å². The Labute approximate surface area is 159 Å². The van der Waals surface area contributed by atoms with Crippen LogP contribution in [0.4, 0.5) is 5.82 Å². The summed E-state index contributed by atoms with van der Waals surface area (Å²) in [5.74, 6) is 2.59. The highest BCUT2D eigenvalue weighted by atomic mass is 15.4. The summed E-state index contributed by atoms with van der Waals surface area (Å²) < 4.78 is 1.95. The molecular formula is C21H26N6. The maximum atomic E-state index is 4.89. The van der Waals surface area contributed by atoms with Crippen LogP contribution in [0.25, 0.3) is 5.65 Å². The van der Waals surface area contributed by atoms with Gasteiger partial charge in [-0.25, -0.2) is 0 Å². The number of nitrogens with zero attached hydrogens (tertiary/aromatic N) is 6. The average molecular weight is 362 g/mol. The van der Waals surface area contributed by atoms with E-state index in [9.17, 15) is 0 Å². The molecule has 2 fully saturated rings. The number of rotatable bonds is 4. The van der Waals surface area contributed by atoms with Crippen LogP contribution in [0, 0.1) is 0 Å². The topological polar surface area (TPSA) is 49.6 Å². The van der Waals surface area contributed by atoms with Crippen LogP contribution < -0.4 is 4.90 Å². The molecule has 5 rings (SSSR count). The molecule has 27 heavy (non-hydrogen) atoms. The number of fused-ring (bicyclic) bond motifs is 1. The lowest BCUT2D eigenvalue weighted by Gasteiger charge is -2.47. The van der Waals surface area contributed by atoms with Gasteiger partial charge in [-0.05, 0) is 44.4 Å². The number of hydrogen-bond donors (Lipinski definition) is 0. The summed E-state index contributed by atoms with van der Waals surface area (Å²) >= 11 is 0. The molecule has 1 aromatic carbocycles. The molecule has 6 nitrogen and oxygen atoms in total. The Morgan fingerprint density at radius 1 is 1.00 bits per heavy atom. The van der Waals surface area contributed by atoms with E-state index in [4.69, 9.17) is 5.10 Å². The Hall–Kier alpha value is -2.47. The van der Waals surface area contributed by atoms with Crippen molar-refractivity contribution in [2.45, 2.75) is 44.7 Å². The van der Waals surface area contributed by atoms with Crippen LogP contribution in [-0.4, -0.2) is 49.9 Å². The molecule has 3 heterocycles. The minimum atomic E-state index is 0.0806. The summed E-state index contributed by atoms with van der Waals surface area (Å²) in [6, 6.07) is 14.9. The van der Waals surface area contributed by atoms with Crippen LogP contribution in [0.2, 0.25) is 0 Å². The molecule has 0 N–H and O–H groups in total. The van der Waals surface area contributed by atoms with E-state index in [0.717, 1.165) is 43.5 Å². The van der Waals surface area contributed by atoms with Gasteiger partial charge in [0.2, 0.25) is 0 Å². The van der Waals surface area contributed by atoms with E-state index in [1.807, 2.05) is 10.6 Å². The number of anilines is 1. The Morgan fingerprint density at radius 3 is 2.56 bits per heavy atom. The predicted molar refractivity (Wildman–Crippen MR) is 106 cm³/mol. The van der Waals surface area contributed by atoms with Gasteiger partial charge in [-0.15, -0.1) is 15.3 Å². The fourth-order valence-electron chi connectivity index (χ4n) is 4.04. The monoisotopic (exact) mass is 362 g/mol. The van der Waals surface area contributed by atoms with Crippen LogP contribution in [0.3, 0.4) is 0 Å². The molecule has 0 spiro atoms. The smallest absolute Gasteiger partial charge is 0.178 e. The lowest BCUT2D eigenvalue weighted by atomic mass is 9.97. The van der Waals surface area contributed by atoms with Crippen molar-refractivity contribution in [2.24, 2.45) is 0 Å². The van der Waals surface area contributed by atoms with Gasteiger partial charge >= 0.3 is 0 Å². The normalized spacial score (nSPS) is 20.3. The molecule has 1 aliphatic heterocycles. The van der Waals surface area contributed by atoms with Gasteiger partial charge in [-0.3, -0.25) is 4.90 Å². The first kappa shape index (κ1) is 16.7. The molecule has 0 atom stereocenters. The number of aromatic nitrogens is 4. The van der Waals surface area contributed by atoms with Crippen molar-refractivity contribution in [2.75, 3.05) is 24.5 Å². The first-order valence-corrected chi connectivity index (χ1v) is 9.86. The molecular weight excluding hydrogens is 336 g/mol. The lowest BCUT2D eigenvalue weighted by Crippen LogP contribution is -2.59. The number of hydrogen-bond acceptors (Lipinski definition) is 5. The van der Waals surface area contributed by atoms with Crippen LogP contribution in [-0.2, 0) is 6.54 Å². The molecule has 6 heteroatoms. The second-order valence-electron chi connectivity index (χ2n) is 8.44. The summed E-state index contributed by atoms with van der Waals surface area (Å²) in [5, 5.41) is 13.5. The first-order valence-electron chi connectivity index (χ1n) is 9.86. The zero-order valence-corrected chi connectivity index (χ0v) is 16.0. The van der Waals surface area contributed by atoms with Crippen LogP contribution in [0.5, 0.6) is 0 Å². The minimum Gasteiger partial charge on any atom is -0.352 e. The molecule has 1 saturated heterocycles. The summed E-state index contributed by atoms with van der Waals surface area (Å²) in [7, 11) is 0. The van der Waals surface area contributed by atoms with Gasteiger partial charge in [0.1, 0.15) is 5.82 Å². The van der Waals surface area contributed by atoms with E-state index < -0.39 is 0 Å². The van der Waals surface area contributed by atoms with Gasteiger partial charge in [0.15, 0.2) is 11.5 Å². The quantitative estimate of drug-likeness (QED) is 0.714. The van der Waals surface area contributed by atoms with Gasteiger partial charge in [0, 0.05) is 37.6 Å². The maximum absolute atomic E-state index is 4.89. The summed E-state index contributed by atoms with van der Waals surface area (Å²) in [6.07, 6.45) is 2.41. The predicted octanol–water partition coefficient (Wildman–Crippen LogP) is 3.10. The highest BCUT2D eigenvalue weighted by molar-refractivity contribution is 5.47. The lowest BCUT2D eigenvalue weighted by molar-refractivity contribution is 0.0958. The van der Waals surface area contributed by atoms with E-state index in [1.165, 1.54) is 18.4 Å². The summed E-state index contributed by atoms with van der Waals surface area (Å²) in [6.45, 7) is 8.61. The molecule has 0 radical (unpaired) electrons. The standard InChI is InChI=1S/C21H26N6/c1-21(2)15-25(12-13-26(21)14-16-6-4-3-5-7-16)19-11-10-18-22-23-20(17-8-9-17)27(18)24-19/h3-7,10-11,17H,8-9,12-15H2,1-2H3. The van der Waals surface area contributed by atoms with E-state index >= 15 is 0 Å². The number of benzene rings is 1. The summed E-state index contributed by atoms with van der Waals surface area (Å²) in [4.78, 5) is 4.98. The Morgan fingerprint density at radius 2 is 1.81 bits per heavy atom. The van der Waals surface area contributed by atoms with Crippen molar-refractivity contribution >= 4 is 11.5 Å². The Bertz CT molecular complexity index is 944. The second kappa shape index (κ2) is 6.30. The van der Waals surface area contributed by atoms with Gasteiger partial charge in [0.25, 0.3) is 0 Å². The second-order valence-corrected chi connectivity index (χ2v) is 8.44. The van der Waals surface area contributed by atoms with Crippen molar-refractivity contribution < 1.29 is 0 Å². The molecule has 1 aliphatic carbocycles. The third kappa shape index (κ3) is 3.18. The highest BCUT2D eigenvalue weighted by Gasteiger charge is 2.35. The fraction of sp³-hybridized carbons (Fsp3) is 0.476. The van der Waals surface area contributed by atoms with Gasteiger partial charge < -0.3 is 4.90 Å². The van der Waals surface area contributed by atoms with Crippen molar-refractivity contribution in [3.05, 3.63) is 53.9 Å². The molecule has 140 valence electrons.